The molecule has 1 nitrogen and oxygen atoms in total. The fraction of sp³-hybridized carbons (Fsp3) is 0.727. The Kier molecular flexibility index (Phi) is 10.7. The van der Waals surface area contributed by atoms with Crippen molar-refractivity contribution < 1.29 is 5.11 Å². The number of phenols is 1. The van der Waals surface area contributed by atoms with Gasteiger partial charge in [-0.2, -0.15) is 0 Å². The Bertz CT molecular complexity index is 448. The molecule has 0 amide bonds. The molecule has 2 heteroatoms. The zero-order valence-electron chi connectivity index (χ0n) is 16.5. The van der Waals surface area contributed by atoms with E-state index in [1.54, 1.807) is 5.56 Å². The Balaban J connectivity index is 3.43. The van der Waals surface area contributed by atoms with Crippen molar-refractivity contribution in [3.8, 4) is 5.75 Å². The first-order chi connectivity index (χ1) is 11.6. The van der Waals surface area contributed by atoms with Crippen LogP contribution in [-0.2, 0) is 25.7 Å². The van der Waals surface area contributed by atoms with Gasteiger partial charge in [0.1, 0.15) is 5.75 Å². The largest absolute Gasteiger partial charge is 0.507 e. The first kappa shape index (κ1) is 21.5. The van der Waals surface area contributed by atoms with Crippen molar-refractivity contribution in [1.29, 1.82) is 0 Å². The van der Waals surface area contributed by atoms with Gasteiger partial charge < -0.3 is 5.11 Å². The molecule has 0 bridgehead atoms. The lowest BCUT2D eigenvalue weighted by Gasteiger charge is -2.23. The summed E-state index contributed by atoms with van der Waals surface area (Å²) in [5.41, 5.74) is 5.75. The van der Waals surface area contributed by atoms with E-state index in [4.69, 9.17) is 0 Å². The van der Waals surface area contributed by atoms with E-state index in [1.807, 2.05) is 0 Å². The third-order valence-electron chi connectivity index (χ3n) is 5.08. The number of phenolic OH excluding ortho intramolecular Hbond substituents is 1. The van der Waals surface area contributed by atoms with Crippen LogP contribution < -0.4 is 5.30 Å². The molecule has 0 spiro atoms. The number of aromatic hydroxyl groups is 1. The molecule has 1 atom stereocenters. The van der Waals surface area contributed by atoms with Crippen LogP contribution >= 0.6 is 9.24 Å². The SMILES string of the molecule is CCCCc1c(O)c(P)c(CCCC)c(CCCC)c1CCCC. The van der Waals surface area contributed by atoms with Gasteiger partial charge in [0.25, 0.3) is 0 Å². The lowest BCUT2D eigenvalue weighted by molar-refractivity contribution is 0.468. The topological polar surface area (TPSA) is 20.2 Å². The van der Waals surface area contributed by atoms with Crippen LogP contribution in [0.1, 0.15) is 101 Å². The Labute approximate surface area is 152 Å². The summed E-state index contributed by atoms with van der Waals surface area (Å²) in [5, 5.41) is 12.0. The summed E-state index contributed by atoms with van der Waals surface area (Å²) >= 11 is 0. The molecule has 0 heterocycles. The Hall–Kier alpha value is -0.550. The molecule has 1 rings (SSSR count). The van der Waals surface area contributed by atoms with Gasteiger partial charge in [0, 0.05) is 5.30 Å². The molecule has 1 aromatic carbocycles. The number of hydrogen-bond acceptors (Lipinski definition) is 1. The van der Waals surface area contributed by atoms with Crippen molar-refractivity contribution in [2.75, 3.05) is 0 Å². The first-order valence-electron chi connectivity index (χ1n) is 10.3. The average Bonchev–Trinajstić information content (AvgIpc) is 2.59. The highest BCUT2D eigenvalue weighted by molar-refractivity contribution is 7.28. The quantitative estimate of drug-likeness (QED) is 0.441. The van der Waals surface area contributed by atoms with Crippen LogP contribution in [0.5, 0.6) is 5.75 Å². The molecule has 0 aliphatic carbocycles. The zero-order valence-corrected chi connectivity index (χ0v) is 17.7. The van der Waals surface area contributed by atoms with Gasteiger partial charge in [-0.15, -0.1) is 9.24 Å². The van der Waals surface area contributed by atoms with Gasteiger partial charge >= 0.3 is 0 Å². The van der Waals surface area contributed by atoms with Gasteiger partial charge in [0.2, 0.25) is 0 Å². The predicted molar refractivity (Wildman–Crippen MR) is 112 cm³/mol. The molecule has 0 saturated carbocycles. The average molecular weight is 351 g/mol. The summed E-state index contributed by atoms with van der Waals surface area (Å²) in [6.07, 6.45) is 14.1. The Morgan fingerprint density at radius 2 is 0.917 bits per heavy atom. The summed E-state index contributed by atoms with van der Waals surface area (Å²) in [6.45, 7) is 9.02. The van der Waals surface area contributed by atoms with Gasteiger partial charge in [0.15, 0.2) is 0 Å². The van der Waals surface area contributed by atoms with Crippen molar-refractivity contribution in [2.45, 2.75) is 105 Å². The molecule has 0 fully saturated rings. The molecule has 0 saturated heterocycles. The summed E-state index contributed by atoms with van der Waals surface area (Å²) < 4.78 is 0. The van der Waals surface area contributed by atoms with E-state index in [2.05, 4.69) is 36.9 Å². The number of hydrogen-bond donors (Lipinski definition) is 1. The van der Waals surface area contributed by atoms with Crippen LogP contribution in [-0.4, -0.2) is 5.11 Å². The summed E-state index contributed by atoms with van der Waals surface area (Å²) in [5.74, 6) is 0.575. The second kappa shape index (κ2) is 11.9. The van der Waals surface area contributed by atoms with Crippen molar-refractivity contribution in [3.63, 3.8) is 0 Å². The maximum absolute atomic E-state index is 10.9. The highest BCUT2D eigenvalue weighted by Gasteiger charge is 2.20. The molecular weight excluding hydrogens is 311 g/mol. The molecular formula is C22H39OP. The van der Waals surface area contributed by atoms with Crippen LogP contribution in [0, 0.1) is 0 Å². The van der Waals surface area contributed by atoms with Crippen molar-refractivity contribution in [3.05, 3.63) is 22.3 Å². The van der Waals surface area contributed by atoms with Crippen LogP contribution in [0.2, 0.25) is 0 Å². The van der Waals surface area contributed by atoms with E-state index in [0.29, 0.717) is 5.75 Å². The van der Waals surface area contributed by atoms with Crippen molar-refractivity contribution >= 4 is 14.5 Å². The van der Waals surface area contributed by atoms with Crippen LogP contribution in [0.25, 0.3) is 0 Å². The number of rotatable bonds is 12. The van der Waals surface area contributed by atoms with Crippen molar-refractivity contribution in [2.24, 2.45) is 0 Å². The van der Waals surface area contributed by atoms with E-state index in [9.17, 15) is 5.11 Å². The summed E-state index contributed by atoms with van der Waals surface area (Å²) in [7, 11) is 2.86. The van der Waals surface area contributed by atoms with Gasteiger partial charge in [-0.25, -0.2) is 0 Å². The molecule has 1 unspecified atom stereocenters. The van der Waals surface area contributed by atoms with E-state index in [1.165, 1.54) is 68.1 Å². The van der Waals surface area contributed by atoms with Gasteiger partial charge in [-0.3, -0.25) is 0 Å². The number of benzene rings is 1. The van der Waals surface area contributed by atoms with Crippen LogP contribution in [0.4, 0.5) is 0 Å². The first-order valence-corrected chi connectivity index (χ1v) is 10.8. The fourth-order valence-corrected chi connectivity index (χ4v) is 4.04. The van der Waals surface area contributed by atoms with Gasteiger partial charge in [0.05, 0.1) is 0 Å². The van der Waals surface area contributed by atoms with Crippen molar-refractivity contribution in [1.82, 2.24) is 0 Å². The molecule has 138 valence electrons. The smallest absolute Gasteiger partial charge is 0.126 e. The monoisotopic (exact) mass is 350 g/mol. The molecule has 1 aromatic rings. The Morgan fingerprint density at radius 3 is 1.33 bits per heavy atom. The van der Waals surface area contributed by atoms with Gasteiger partial charge in [-0.05, 0) is 73.6 Å². The predicted octanol–water partition coefficient (Wildman–Crippen LogP) is 6.26. The maximum Gasteiger partial charge on any atom is 0.126 e. The summed E-state index contributed by atoms with van der Waals surface area (Å²) in [4.78, 5) is 0. The van der Waals surface area contributed by atoms with E-state index in [0.717, 1.165) is 31.0 Å². The van der Waals surface area contributed by atoms with Crippen LogP contribution in [0.3, 0.4) is 0 Å². The van der Waals surface area contributed by atoms with Crippen LogP contribution in [0.15, 0.2) is 0 Å². The minimum atomic E-state index is 0.575. The second-order valence-corrected chi connectivity index (χ2v) is 7.67. The molecule has 0 aliphatic heterocycles. The third-order valence-corrected chi connectivity index (χ3v) is 5.70. The Morgan fingerprint density at radius 1 is 0.583 bits per heavy atom. The zero-order chi connectivity index (χ0) is 17.9. The number of unbranched alkanes of at least 4 members (excludes halogenated alkanes) is 4. The minimum Gasteiger partial charge on any atom is -0.507 e. The summed E-state index contributed by atoms with van der Waals surface area (Å²) in [6, 6.07) is 0. The fourth-order valence-electron chi connectivity index (χ4n) is 3.55. The van der Waals surface area contributed by atoms with E-state index >= 15 is 0 Å². The maximum atomic E-state index is 10.9. The second-order valence-electron chi connectivity index (χ2n) is 7.09. The highest BCUT2D eigenvalue weighted by atomic mass is 31.0. The molecule has 0 aromatic heterocycles. The molecule has 24 heavy (non-hydrogen) atoms. The molecule has 0 aliphatic rings. The lowest BCUT2D eigenvalue weighted by Crippen LogP contribution is -2.15. The molecule has 0 radical (unpaired) electrons. The molecule has 1 N–H and O–H groups in total. The van der Waals surface area contributed by atoms with E-state index in [-0.39, 0.29) is 0 Å². The van der Waals surface area contributed by atoms with Gasteiger partial charge in [-0.1, -0.05) is 53.4 Å². The standard InChI is InChI=1S/C22H39OP/c1-5-9-13-17-18(14-10-6-2)20(16-12-8-4)22(24)21(23)19(17)15-11-7-3/h23H,5-16,24H2,1-4H3. The normalized spacial score (nSPS) is 11.2. The lowest BCUT2D eigenvalue weighted by atomic mass is 9.85. The third kappa shape index (κ3) is 5.76. The highest BCUT2D eigenvalue weighted by Crippen LogP contribution is 2.33. The minimum absolute atomic E-state index is 0.575. The van der Waals surface area contributed by atoms with E-state index < -0.39 is 0 Å².